The van der Waals surface area contributed by atoms with E-state index in [-0.39, 0.29) is 0 Å². The Balaban J connectivity index is 1.87. The molecule has 0 saturated heterocycles. The summed E-state index contributed by atoms with van der Waals surface area (Å²) in [5.41, 5.74) is 1.01. The first-order valence-electron chi connectivity index (χ1n) is 7.10. The molecule has 1 aliphatic rings. The van der Waals surface area contributed by atoms with Gasteiger partial charge in [0.25, 0.3) is 0 Å². The lowest BCUT2D eigenvalue weighted by Gasteiger charge is -2.33. The quantitative estimate of drug-likeness (QED) is 0.848. The molecule has 2 nitrogen and oxygen atoms in total. The molecule has 2 heteroatoms. The van der Waals surface area contributed by atoms with Gasteiger partial charge in [-0.05, 0) is 43.9 Å². The molecule has 0 bridgehead atoms. The largest absolute Gasteiger partial charge is 0.459 e. The second-order valence-electron chi connectivity index (χ2n) is 5.31. The van der Waals surface area contributed by atoms with Gasteiger partial charge in [0.15, 0.2) is 0 Å². The summed E-state index contributed by atoms with van der Waals surface area (Å²) in [6, 6.07) is 10.9. The summed E-state index contributed by atoms with van der Waals surface area (Å²) < 4.78 is 6.02. The molecule has 96 valence electrons. The minimum absolute atomic E-state index is 0.408. The van der Waals surface area contributed by atoms with E-state index in [0.717, 1.165) is 23.8 Å². The van der Waals surface area contributed by atoms with E-state index in [1.165, 1.54) is 31.1 Å². The molecule has 1 heterocycles. The lowest BCUT2D eigenvalue weighted by Crippen LogP contribution is -2.32. The van der Waals surface area contributed by atoms with E-state index in [4.69, 9.17) is 4.42 Å². The predicted molar refractivity (Wildman–Crippen MR) is 74.6 cm³/mol. The lowest BCUT2D eigenvalue weighted by molar-refractivity contribution is 0.210. The van der Waals surface area contributed by atoms with Crippen LogP contribution < -0.4 is 5.32 Å². The van der Waals surface area contributed by atoms with Gasteiger partial charge in [-0.25, -0.2) is 0 Å². The Morgan fingerprint density at radius 1 is 1.33 bits per heavy atom. The zero-order valence-electron chi connectivity index (χ0n) is 11.0. The third kappa shape index (κ3) is 2.17. The standard InChI is InChI=1S/C16H21NO/c1-2-10-17-16(12-7-5-8-12)15-11-13-6-3-4-9-14(13)18-15/h3-4,6,9,11-12,16-17H,2,5,7-8,10H2,1H3. The summed E-state index contributed by atoms with van der Waals surface area (Å²) in [5, 5.41) is 4.87. The lowest BCUT2D eigenvalue weighted by atomic mass is 9.78. The number of benzene rings is 1. The highest BCUT2D eigenvalue weighted by Gasteiger charge is 2.30. The van der Waals surface area contributed by atoms with Crippen molar-refractivity contribution in [3.05, 3.63) is 36.1 Å². The van der Waals surface area contributed by atoms with E-state index in [1.807, 2.05) is 6.07 Å². The second kappa shape index (κ2) is 5.15. The molecule has 2 aromatic rings. The van der Waals surface area contributed by atoms with E-state index >= 15 is 0 Å². The number of rotatable bonds is 5. The van der Waals surface area contributed by atoms with Crippen LogP contribution in [-0.4, -0.2) is 6.54 Å². The van der Waals surface area contributed by atoms with E-state index in [2.05, 4.69) is 36.5 Å². The van der Waals surface area contributed by atoms with Gasteiger partial charge in [-0.3, -0.25) is 0 Å². The topological polar surface area (TPSA) is 25.2 Å². The fraction of sp³-hybridized carbons (Fsp3) is 0.500. The Morgan fingerprint density at radius 2 is 2.17 bits per heavy atom. The number of fused-ring (bicyclic) bond motifs is 1. The van der Waals surface area contributed by atoms with Crippen molar-refractivity contribution in [3.63, 3.8) is 0 Å². The highest BCUT2D eigenvalue weighted by molar-refractivity contribution is 5.77. The molecular formula is C16H21NO. The van der Waals surface area contributed by atoms with Crippen molar-refractivity contribution in [3.8, 4) is 0 Å². The number of hydrogen-bond acceptors (Lipinski definition) is 2. The molecule has 1 aromatic heterocycles. The molecule has 0 amide bonds. The smallest absolute Gasteiger partial charge is 0.134 e. The zero-order valence-corrected chi connectivity index (χ0v) is 11.0. The molecule has 0 aliphatic heterocycles. The Bertz CT molecular complexity index is 480. The van der Waals surface area contributed by atoms with Crippen LogP contribution in [0.1, 0.15) is 44.4 Å². The Kier molecular flexibility index (Phi) is 3.37. The van der Waals surface area contributed by atoms with Crippen LogP contribution in [0.5, 0.6) is 0 Å². The molecule has 1 atom stereocenters. The summed E-state index contributed by atoms with van der Waals surface area (Å²) >= 11 is 0. The van der Waals surface area contributed by atoms with Crippen molar-refractivity contribution in [2.45, 2.75) is 38.6 Å². The monoisotopic (exact) mass is 243 g/mol. The average molecular weight is 243 g/mol. The van der Waals surface area contributed by atoms with Gasteiger partial charge in [-0.15, -0.1) is 0 Å². The van der Waals surface area contributed by atoms with Gasteiger partial charge < -0.3 is 9.73 Å². The summed E-state index contributed by atoms with van der Waals surface area (Å²) in [4.78, 5) is 0. The molecule has 1 aliphatic carbocycles. The molecule has 0 radical (unpaired) electrons. The van der Waals surface area contributed by atoms with Crippen molar-refractivity contribution in [2.24, 2.45) is 5.92 Å². The number of para-hydroxylation sites is 1. The van der Waals surface area contributed by atoms with Crippen LogP contribution in [0, 0.1) is 5.92 Å². The highest BCUT2D eigenvalue weighted by atomic mass is 16.3. The minimum atomic E-state index is 0.408. The fourth-order valence-electron chi connectivity index (χ4n) is 2.73. The first-order chi connectivity index (χ1) is 8.88. The molecule has 1 aromatic carbocycles. The van der Waals surface area contributed by atoms with Gasteiger partial charge in [0.05, 0.1) is 6.04 Å². The van der Waals surface area contributed by atoms with Crippen LogP contribution in [-0.2, 0) is 0 Å². The van der Waals surface area contributed by atoms with Crippen LogP contribution >= 0.6 is 0 Å². The Morgan fingerprint density at radius 3 is 2.83 bits per heavy atom. The first kappa shape index (κ1) is 11.8. The summed E-state index contributed by atoms with van der Waals surface area (Å²) in [7, 11) is 0. The molecule has 18 heavy (non-hydrogen) atoms. The van der Waals surface area contributed by atoms with Crippen molar-refractivity contribution in [1.82, 2.24) is 5.32 Å². The predicted octanol–water partition coefficient (Wildman–Crippen LogP) is 4.27. The van der Waals surface area contributed by atoms with Gasteiger partial charge >= 0.3 is 0 Å². The van der Waals surface area contributed by atoms with E-state index < -0.39 is 0 Å². The maximum atomic E-state index is 6.02. The SMILES string of the molecule is CCCNC(c1cc2ccccc2o1)C1CCC1. The van der Waals surface area contributed by atoms with E-state index in [1.54, 1.807) is 0 Å². The van der Waals surface area contributed by atoms with Gasteiger partial charge in [-0.2, -0.15) is 0 Å². The minimum Gasteiger partial charge on any atom is -0.459 e. The summed E-state index contributed by atoms with van der Waals surface area (Å²) in [5.74, 6) is 1.88. The van der Waals surface area contributed by atoms with Gasteiger partial charge in [0, 0.05) is 5.39 Å². The van der Waals surface area contributed by atoms with Gasteiger partial charge in [0.1, 0.15) is 11.3 Å². The molecule has 0 spiro atoms. The second-order valence-corrected chi connectivity index (χ2v) is 5.31. The fourth-order valence-corrected chi connectivity index (χ4v) is 2.73. The normalized spacial score (nSPS) is 17.8. The molecule has 1 fully saturated rings. The van der Waals surface area contributed by atoms with Crippen molar-refractivity contribution in [2.75, 3.05) is 6.54 Å². The van der Waals surface area contributed by atoms with E-state index in [9.17, 15) is 0 Å². The maximum Gasteiger partial charge on any atom is 0.134 e. The molecule has 1 saturated carbocycles. The third-order valence-corrected chi connectivity index (χ3v) is 3.99. The van der Waals surface area contributed by atoms with Gasteiger partial charge in [0.2, 0.25) is 0 Å². The van der Waals surface area contributed by atoms with Crippen molar-refractivity contribution < 1.29 is 4.42 Å². The van der Waals surface area contributed by atoms with Crippen LogP contribution in [0.2, 0.25) is 0 Å². The molecule has 1 unspecified atom stereocenters. The average Bonchev–Trinajstić information content (AvgIpc) is 2.75. The van der Waals surface area contributed by atoms with Crippen LogP contribution in [0.25, 0.3) is 11.0 Å². The third-order valence-electron chi connectivity index (χ3n) is 3.99. The Hall–Kier alpha value is -1.28. The molecule has 1 N–H and O–H groups in total. The number of hydrogen-bond donors (Lipinski definition) is 1. The van der Waals surface area contributed by atoms with Crippen molar-refractivity contribution in [1.29, 1.82) is 0 Å². The highest BCUT2D eigenvalue weighted by Crippen LogP contribution is 2.39. The zero-order chi connectivity index (χ0) is 12.4. The van der Waals surface area contributed by atoms with Crippen molar-refractivity contribution >= 4 is 11.0 Å². The van der Waals surface area contributed by atoms with Crippen LogP contribution in [0.15, 0.2) is 34.7 Å². The van der Waals surface area contributed by atoms with Crippen LogP contribution in [0.3, 0.4) is 0 Å². The van der Waals surface area contributed by atoms with E-state index in [0.29, 0.717) is 6.04 Å². The molecule has 3 rings (SSSR count). The number of furan rings is 1. The first-order valence-corrected chi connectivity index (χ1v) is 7.10. The Labute approximate surface area is 108 Å². The van der Waals surface area contributed by atoms with Crippen LogP contribution in [0.4, 0.5) is 0 Å². The molecular weight excluding hydrogens is 222 g/mol. The maximum absolute atomic E-state index is 6.02. The summed E-state index contributed by atoms with van der Waals surface area (Å²) in [6.45, 7) is 3.28. The number of nitrogens with one attached hydrogen (secondary N) is 1. The van der Waals surface area contributed by atoms with Gasteiger partial charge in [-0.1, -0.05) is 31.5 Å². The summed E-state index contributed by atoms with van der Waals surface area (Å²) in [6.07, 6.45) is 5.20.